The second-order valence-electron chi connectivity index (χ2n) is 3.99. The Labute approximate surface area is 119 Å². The molecule has 0 fully saturated rings. The highest BCUT2D eigenvalue weighted by atomic mass is 35.5. The molecule has 0 saturated carbocycles. The Morgan fingerprint density at radius 1 is 1.25 bits per heavy atom. The molecule has 4 N–H and O–H groups in total. The summed E-state index contributed by atoms with van der Waals surface area (Å²) in [6.45, 7) is 1.70. The van der Waals surface area contributed by atoms with Crippen molar-refractivity contribution in [1.29, 1.82) is 0 Å². The van der Waals surface area contributed by atoms with Gasteiger partial charge in [0, 0.05) is 5.39 Å². The van der Waals surface area contributed by atoms with Crippen LogP contribution in [0.15, 0.2) is 34.5 Å². The van der Waals surface area contributed by atoms with Crippen molar-refractivity contribution in [2.45, 2.75) is 6.92 Å². The molecule has 1 aromatic carbocycles. The first-order valence-electron chi connectivity index (χ1n) is 5.55. The lowest BCUT2D eigenvalue weighted by Gasteiger charge is -1.94. The topological polar surface area (TPSA) is 117 Å². The molecule has 0 saturated heterocycles. The maximum atomic E-state index is 9.80. The number of aromatic hydroxyl groups is 1. The number of hydrogen-bond donors (Lipinski definition) is 3. The molecule has 0 bridgehead atoms. The van der Waals surface area contributed by atoms with E-state index in [0.717, 1.165) is 10.9 Å². The summed E-state index contributed by atoms with van der Waals surface area (Å²) in [5.74, 6) is 6.30. The van der Waals surface area contributed by atoms with E-state index in [4.69, 9.17) is 5.84 Å². The maximum absolute atomic E-state index is 9.80. The summed E-state index contributed by atoms with van der Waals surface area (Å²) in [6.07, 6.45) is 0. The van der Waals surface area contributed by atoms with Gasteiger partial charge in [-0.25, -0.2) is 4.68 Å². The number of nitrogen functional groups attached to an aromatic ring is 1. The van der Waals surface area contributed by atoms with Crippen molar-refractivity contribution >= 4 is 22.5 Å². The highest BCUT2D eigenvalue weighted by Crippen LogP contribution is 2.35. The van der Waals surface area contributed by atoms with Gasteiger partial charge in [-0.1, -0.05) is 18.2 Å². The number of azo groups is 1. The van der Waals surface area contributed by atoms with E-state index in [0.29, 0.717) is 11.5 Å². The normalized spacial score (nSPS) is 11.1. The van der Waals surface area contributed by atoms with E-state index in [-0.39, 0.29) is 24.2 Å². The van der Waals surface area contributed by atoms with Crippen LogP contribution in [0.4, 0.5) is 11.6 Å². The quantitative estimate of drug-likeness (QED) is 0.411. The third-order valence-electron chi connectivity index (χ3n) is 2.75. The molecule has 3 rings (SSSR count). The Bertz CT molecular complexity index is 776. The SMILES string of the molecule is Cc1nnc(N=Nc2c(O)[nH]c3ccccc23)n1N.[Cl-]. The molecule has 104 valence electrons. The van der Waals surface area contributed by atoms with Gasteiger partial charge in [0.15, 0.2) is 11.5 Å². The van der Waals surface area contributed by atoms with Gasteiger partial charge in [-0.2, -0.15) is 0 Å². The fourth-order valence-corrected chi connectivity index (χ4v) is 1.74. The van der Waals surface area contributed by atoms with Crippen LogP contribution >= 0.6 is 0 Å². The van der Waals surface area contributed by atoms with Gasteiger partial charge in [0.05, 0.1) is 5.52 Å². The van der Waals surface area contributed by atoms with Crippen LogP contribution in [-0.2, 0) is 0 Å². The van der Waals surface area contributed by atoms with Crippen molar-refractivity contribution in [3.63, 3.8) is 0 Å². The molecule has 0 atom stereocenters. The molecule has 0 aliphatic heterocycles. The summed E-state index contributed by atoms with van der Waals surface area (Å²) in [6, 6.07) is 7.38. The second-order valence-corrected chi connectivity index (χ2v) is 3.99. The second kappa shape index (κ2) is 5.17. The first-order chi connectivity index (χ1) is 9.16. The van der Waals surface area contributed by atoms with Crippen molar-refractivity contribution in [3.8, 4) is 5.88 Å². The third-order valence-corrected chi connectivity index (χ3v) is 2.75. The van der Waals surface area contributed by atoms with Crippen LogP contribution in [0, 0.1) is 6.92 Å². The zero-order valence-corrected chi connectivity index (χ0v) is 11.2. The molecular weight excluding hydrogens is 282 g/mol. The summed E-state index contributed by atoms with van der Waals surface area (Å²) >= 11 is 0. The molecule has 0 radical (unpaired) electrons. The molecule has 20 heavy (non-hydrogen) atoms. The zero-order valence-electron chi connectivity index (χ0n) is 10.4. The molecule has 0 aliphatic rings. The summed E-state index contributed by atoms with van der Waals surface area (Å²) in [7, 11) is 0. The Morgan fingerprint density at radius 3 is 2.70 bits per heavy atom. The maximum Gasteiger partial charge on any atom is 0.288 e. The monoisotopic (exact) mass is 292 g/mol. The Balaban J connectivity index is 0.00000147. The molecule has 0 unspecified atom stereocenters. The number of nitrogens with two attached hydrogens (primary N) is 1. The number of rotatable bonds is 2. The Hall–Kier alpha value is -2.61. The van der Waals surface area contributed by atoms with E-state index in [9.17, 15) is 5.11 Å². The van der Waals surface area contributed by atoms with Gasteiger partial charge >= 0.3 is 0 Å². The van der Waals surface area contributed by atoms with Gasteiger partial charge in [0.2, 0.25) is 5.88 Å². The van der Waals surface area contributed by atoms with Crippen molar-refractivity contribution < 1.29 is 17.5 Å². The Morgan fingerprint density at radius 2 is 2.00 bits per heavy atom. The number of hydrogen-bond acceptors (Lipinski definition) is 6. The van der Waals surface area contributed by atoms with Gasteiger partial charge < -0.3 is 28.3 Å². The number of fused-ring (bicyclic) bond motifs is 1. The number of H-pyrrole nitrogens is 1. The molecule has 2 heterocycles. The van der Waals surface area contributed by atoms with Gasteiger partial charge in [0.25, 0.3) is 5.95 Å². The smallest absolute Gasteiger partial charge is 0.288 e. The predicted octanol–water partition coefficient (Wildman–Crippen LogP) is -1.09. The number of aromatic nitrogens is 4. The number of halogens is 1. The van der Waals surface area contributed by atoms with Crippen LogP contribution in [0.2, 0.25) is 0 Å². The average Bonchev–Trinajstić information content (AvgIpc) is 2.89. The van der Waals surface area contributed by atoms with Crippen molar-refractivity contribution in [2.75, 3.05) is 5.84 Å². The minimum Gasteiger partial charge on any atom is -1.00 e. The third kappa shape index (κ3) is 2.16. The van der Waals surface area contributed by atoms with Gasteiger partial charge in [-0.15, -0.1) is 20.4 Å². The van der Waals surface area contributed by atoms with Crippen molar-refractivity contribution in [1.82, 2.24) is 19.9 Å². The van der Waals surface area contributed by atoms with Crippen LogP contribution in [0.1, 0.15) is 5.82 Å². The summed E-state index contributed by atoms with van der Waals surface area (Å²) in [4.78, 5) is 2.81. The lowest BCUT2D eigenvalue weighted by molar-refractivity contribution is -0.00000530. The van der Waals surface area contributed by atoms with Gasteiger partial charge in [-0.05, 0) is 13.0 Å². The number of nitrogens with one attached hydrogen (secondary N) is 1. The Kier molecular flexibility index (Phi) is 3.57. The fourth-order valence-electron chi connectivity index (χ4n) is 1.74. The molecule has 2 aromatic heterocycles. The van der Waals surface area contributed by atoms with Crippen molar-refractivity contribution in [2.24, 2.45) is 10.2 Å². The lowest BCUT2D eigenvalue weighted by atomic mass is 10.2. The molecule has 3 aromatic rings. The summed E-state index contributed by atoms with van der Waals surface area (Å²) < 4.78 is 1.22. The molecule has 0 aliphatic carbocycles. The summed E-state index contributed by atoms with van der Waals surface area (Å²) in [5, 5.41) is 26.0. The first-order valence-corrected chi connectivity index (χ1v) is 5.55. The highest BCUT2D eigenvalue weighted by Gasteiger charge is 2.10. The van der Waals surface area contributed by atoms with Crippen LogP contribution in [0.5, 0.6) is 5.88 Å². The number of nitrogens with zero attached hydrogens (tertiary/aromatic N) is 5. The number of aromatic amines is 1. The first kappa shape index (κ1) is 13.8. The van der Waals surface area contributed by atoms with E-state index < -0.39 is 0 Å². The minimum absolute atomic E-state index is 0. The molecule has 9 heteroatoms. The molecular formula is C11H11ClN7O-. The van der Waals surface area contributed by atoms with Crippen LogP contribution in [-0.4, -0.2) is 25.0 Å². The van der Waals surface area contributed by atoms with Crippen LogP contribution in [0.25, 0.3) is 10.9 Å². The van der Waals surface area contributed by atoms with E-state index in [1.54, 1.807) is 6.92 Å². The standard InChI is InChI=1S/C11H11N7O.ClH/c1-6-14-16-11(18(6)12)17-15-9-7-4-2-3-5-8(7)13-10(9)19;/h2-5,13,19H,12H2,1H3;1H/p-1. The number of aryl methyl sites for hydroxylation is 1. The number of para-hydroxylation sites is 1. The summed E-state index contributed by atoms with van der Waals surface area (Å²) in [5.41, 5.74) is 1.12. The van der Waals surface area contributed by atoms with E-state index in [2.05, 4.69) is 25.4 Å². The van der Waals surface area contributed by atoms with Crippen LogP contribution in [0.3, 0.4) is 0 Å². The fraction of sp³-hybridized carbons (Fsp3) is 0.0909. The van der Waals surface area contributed by atoms with Gasteiger partial charge in [0.1, 0.15) is 0 Å². The minimum atomic E-state index is -0.0511. The lowest BCUT2D eigenvalue weighted by Crippen LogP contribution is -3.00. The molecule has 8 nitrogen and oxygen atoms in total. The molecule has 0 spiro atoms. The number of benzene rings is 1. The predicted molar refractivity (Wildman–Crippen MR) is 69.0 cm³/mol. The highest BCUT2D eigenvalue weighted by molar-refractivity contribution is 5.93. The van der Waals surface area contributed by atoms with Crippen LogP contribution < -0.4 is 18.2 Å². The van der Waals surface area contributed by atoms with Crippen molar-refractivity contribution in [3.05, 3.63) is 30.1 Å². The average molecular weight is 293 g/mol. The zero-order chi connectivity index (χ0) is 13.4. The van der Waals surface area contributed by atoms with Gasteiger partial charge in [-0.3, -0.25) is 0 Å². The van der Waals surface area contributed by atoms with E-state index in [1.165, 1.54) is 4.68 Å². The largest absolute Gasteiger partial charge is 1.00 e. The van der Waals surface area contributed by atoms with E-state index >= 15 is 0 Å². The molecule has 0 amide bonds. The van der Waals surface area contributed by atoms with E-state index in [1.807, 2.05) is 24.3 Å².